The summed E-state index contributed by atoms with van der Waals surface area (Å²) in [5, 5.41) is 9.42. The lowest BCUT2D eigenvalue weighted by atomic mass is 10.4. The SMILES string of the molecule is C=CCN(CCC#N)c1nc(CC)ns1. The molecule has 0 radical (unpaired) electrons. The summed E-state index contributed by atoms with van der Waals surface area (Å²) in [5.41, 5.74) is 0. The molecule has 1 rings (SSSR count). The Kier molecular flexibility index (Phi) is 4.78. The third kappa shape index (κ3) is 3.33. The second-order valence-electron chi connectivity index (χ2n) is 2.99. The lowest BCUT2D eigenvalue weighted by Crippen LogP contribution is -2.24. The third-order valence-electron chi connectivity index (χ3n) is 1.89. The third-order valence-corrected chi connectivity index (χ3v) is 2.70. The Morgan fingerprint density at radius 2 is 2.47 bits per heavy atom. The van der Waals surface area contributed by atoms with Crippen LogP contribution in [0.3, 0.4) is 0 Å². The zero-order valence-corrected chi connectivity index (χ0v) is 9.63. The first-order valence-electron chi connectivity index (χ1n) is 4.87. The van der Waals surface area contributed by atoms with Crippen molar-refractivity contribution < 1.29 is 0 Å². The molecule has 5 heteroatoms. The molecule has 0 fully saturated rings. The highest BCUT2D eigenvalue weighted by Crippen LogP contribution is 2.17. The Labute approximate surface area is 94.0 Å². The topological polar surface area (TPSA) is 52.8 Å². The molecule has 1 heterocycles. The number of nitriles is 1. The van der Waals surface area contributed by atoms with Gasteiger partial charge in [0.1, 0.15) is 5.82 Å². The number of aryl methyl sites for hydroxylation is 1. The maximum absolute atomic E-state index is 8.55. The Balaban J connectivity index is 2.69. The van der Waals surface area contributed by atoms with Gasteiger partial charge in [-0.3, -0.25) is 0 Å². The van der Waals surface area contributed by atoms with E-state index in [1.165, 1.54) is 11.5 Å². The van der Waals surface area contributed by atoms with Crippen LogP contribution in [0.1, 0.15) is 19.2 Å². The minimum Gasteiger partial charge on any atom is -0.342 e. The van der Waals surface area contributed by atoms with Crippen molar-refractivity contribution in [3.05, 3.63) is 18.5 Å². The van der Waals surface area contributed by atoms with E-state index < -0.39 is 0 Å². The molecule has 0 unspecified atom stereocenters. The smallest absolute Gasteiger partial charge is 0.205 e. The van der Waals surface area contributed by atoms with Gasteiger partial charge in [-0.05, 0) is 0 Å². The lowest BCUT2D eigenvalue weighted by Gasteiger charge is -2.17. The van der Waals surface area contributed by atoms with Gasteiger partial charge in [-0.1, -0.05) is 13.0 Å². The van der Waals surface area contributed by atoms with Crippen molar-refractivity contribution in [2.45, 2.75) is 19.8 Å². The van der Waals surface area contributed by atoms with Gasteiger partial charge in [0.15, 0.2) is 0 Å². The largest absolute Gasteiger partial charge is 0.342 e. The van der Waals surface area contributed by atoms with Gasteiger partial charge < -0.3 is 4.90 Å². The summed E-state index contributed by atoms with van der Waals surface area (Å²) in [6.45, 7) is 7.11. The van der Waals surface area contributed by atoms with Crippen LogP contribution in [0.15, 0.2) is 12.7 Å². The van der Waals surface area contributed by atoms with E-state index in [0.29, 0.717) is 19.5 Å². The minimum atomic E-state index is 0.495. The Bertz CT molecular complexity index is 353. The molecule has 0 aliphatic heterocycles. The number of nitrogens with zero attached hydrogens (tertiary/aromatic N) is 4. The van der Waals surface area contributed by atoms with E-state index in [0.717, 1.165) is 17.4 Å². The standard InChI is InChI=1S/C10H14N4S/c1-3-7-14(8-5-6-11)10-12-9(4-2)13-15-10/h3H,1,4-5,7-8H2,2H3. The van der Waals surface area contributed by atoms with E-state index in [1.807, 2.05) is 17.9 Å². The minimum absolute atomic E-state index is 0.495. The van der Waals surface area contributed by atoms with Gasteiger partial charge in [0.25, 0.3) is 0 Å². The summed E-state index contributed by atoms with van der Waals surface area (Å²) in [6.07, 6.45) is 3.15. The van der Waals surface area contributed by atoms with Crippen LogP contribution < -0.4 is 4.90 Å². The average Bonchev–Trinajstić information content (AvgIpc) is 2.72. The second-order valence-corrected chi connectivity index (χ2v) is 3.72. The van der Waals surface area contributed by atoms with E-state index in [4.69, 9.17) is 5.26 Å². The first-order chi connectivity index (χ1) is 7.31. The molecule has 4 nitrogen and oxygen atoms in total. The van der Waals surface area contributed by atoms with Crippen LogP contribution in [0.25, 0.3) is 0 Å². The molecular weight excluding hydrogens is 208 g/mol. The molecule has 0 bridgehead atoms. The van der Waals surface area contributed by atoms with E-state index in [9.17, 15) is 0 Å². The van der Waals surface area contributed by atoms with Gasteiger partial charge in [0, 0.05) is 31.0 Å². The molecule has 1 aromatic heterocycles. The number of rotatable bonds is 6. The van der Waals surface area contributed by atoms with Crippen molar-refractivity contribution in [1.82, 2.24) is 9.36 Å². The van der Waals surface area contributed by atoms with E-state index in [1.54, 1.807) is 0 Å². The number of aromatic nitrogens is 2. The molecule has 0 atom stereocenters. The molecule has 0 saturated heterocycles. The van der Waals surface area contributed by atoms with Gasteiger partial charge >= 0.3 is 0 Å². The summed E-state index contributed by atoms with van der Waals surface area (Å²) in [6, 6.07) is 2.13. The van der Waals surface area contributed by atoms with E-state index in [-0.39, 0.29) is 0 Å². The van der Waals surface area contributed by atoms with Crippen LogP contribution in [-0.2, 0) is 6.42 Å². The Morgan fingerprint density at radius 1 is 1.67 bits per heavy atom. The molecule has 0 spiro atoms. The first-order valence-corrected chi connectivity index (χ1v) is 5.64. The van der Waals surface area contributed by atoms with Crippen LogP contribution in [0.2, 0.25) is 0 Å². The van der Waals surface area contributed by atoms with Crippen molar-refractivity contribution in [3.8, 4) is 6.07 Å². The molecule has 0 saturated carbocycles. The number of hydrogen-bond acceptors (Lipinski definition) is 5. The summed E-state index contributed by atoms with van der Waals surface area (Å²) in [4.78, 5) is 6.40. The molecule has 0 aliphatic rings. The number of anilines is 1. The lowest BCUT2D eigenvalue weighted by molar-refractivity contribution is 0.845. The van der Waals surface area contributed by atoms with Gasteiger partial charge in [-0.15, -0.1) is 6.58 Å². The second kappa shape index (κ2) is 6.14. The molecule has 0 aromatic carbocycles. The zero-order chi connectivity index (χ0) is 11.1. The van der Waals surface area contributed by atoms with Crippen molar-refractivity contribution in [3.63, 3.8) is 0 Å². The summed E-state index contributed by atoms with van der Waals surface area (Å²) < 4.78 is 4.22. The summed E-state index contributed by atoms with van der Waals surface area (Å²) in [5.74, 6) is 0.862. The van der Waals surface area contributed by atoms with Gasteiger partial charge in [0.05, 0.1) is 12.5 Å². The molecule has 1 aromatic rings. The zero-order valence-electron chi connectivity index (χ0n) is 8.81. The Hall–Kier alpha value is -1.41. The van der Waals surface area contributed by atoms with E-state index in [2.05, 4.69) is 22.0 Å². The van der Waals surface area contributed by atoms with Gasteiger partial charge in [-0.2, -0.15) is 9.64 Å². The average molecular weight is 222 g/mol. The first kappa shape index (κ1) is 11.7. The normalized spacial score (nSPS) is 9.60. The quantitative estimate of drug-likeness (QED) is 0.691. The Morgan fingerprint density at radius 3 is 3.00 bits per heavy atom. The van der Waals surface area contributed by atoms with Crippen molar-refractivity contribution in [1.29, 1.82) is 5.26 Å². The predicted octanol–water partition coefficient (Wildman–Crippen LogP) is 2.01. The maximum atomic E-state index is 8.55. The highest BCUT2D eigenvalue weighted by molar-refractivity contribution is 7.09. The summed E-state index contributed by atoms with van der Waals surface area (Å²) >= 11 is 1.38. The molecule has 0 aliphatic carbocycles. The van der Waals surface area contributed by atoms with Gasteiger partial charge in [-0.25, -0.2) is 4.98 Å². The fourth-order valence-corrected chi connectivity index (χ4v) is 1.91. The van der Waals surface area contributed by atoms with Crippen LogP contribution >= 0.6 is 11.5 Å². The molecule has 0 amide bonds. The van der Waals surface area contributed by atoms with Crippen LogP contribution in [0, 0.1) is 11.3 Å². The van der Waals surface area contributed by atoms with E-state index >= 15 is 0 Å². The van der Waals surface area contributed by atoms with Crippen molar-refractivity contribution >= 4 is 16.7 Å². The van der Waals surface area contributed by atoms with Gasteiger partial charge in [0.2, 0.25) is 5.13 Å². The number of hydrogen-bond donors (Lipinski definition) is 0. The van der Waals surface area contributed by atoms with Crippen LogP contribution in [0.4, 0.5) is 5.13 Å². The fourth-order valence-electron chi connectivity index (χ4n) is 1.12. The molecule has 80 valence electrons. The monoisotopic (exact) mass is 222 g/mol. The van der Waals surface area contributed by atoms with Crippen LogP contribution in [0.5, 0.6) is 0 Å². The molecule has 0 N–H and O–H groups in total. The summed E-state index contributed by atoms with van der Waals surface area (Å²) in [7, 11) is 0. The fraction of sp³-hybridized carbons (Fsp3) is 0.500. The highest BCUT2D eigenvalue weighted by atomic mass is 32.1. The molecule has 15 heavy (non-hydrogen) atoms. The maximum Gasteiger partial charge on any atom is 0.205 e. The highest BCUT2D eigenvalue weighted by Gasteiger charge is 2.09. The van der Waals surface area contributed by atoms with Crippen molar-refractivity contribution in [2.75, 3.05) is 18.0 Å². The molecular formula is C10H14N4S. The predicted molar refractivity (Wildman–Crippen MR) is 61.9 cm³/mol. The van der Waals surface area contributed by atoms with Crippen LogP contribution in [-0.4, -0.2) is 22.4 Å². The van der Waals surface area contributed by atoms with Crippen molar-refractivity contribution in [2.24, 2.45) is 0 Å².